The first-order chi connectivity index (χ1) is 6.31. The number of ether oxygens (including phenoxy) is 2. The fourth-order valence-electron chi connectivity index (χ4n) is 0.738. The molecule has 0 unspecified atom stereocenters. The van der Waals surface area contributed by atoms with Crippen molar-refractivity contribution in [2.45, 2.75) is 26.7 Å². The summed E-state index contributed by atoms with van der Waals surface area (Å²) in [7, 11) is 0. The molecule has 3 heteroatoms. The lowest BCUT2D eigenvalue weighted by Gasteiger charge is -2.03. The SMILES string of the molecule is CC=CCOCCOC(=O)CCC. The molecule has 76 valence electrons. The minimum atomic E-state index is -0.142. The average Bonchev–Trinajstić information content (AvgIpc) is 2.11. The zero-order chi connectivity index (χ0) is 9.94. The number of hydrogen-bond donors (Lipinski definition) is 0. The van der Waals surface area contributed by atoms with Gasteiger partial charge in [0.25, 0.3) is 0 Å². The van der Waals surface area contributed by atoms with Crippen LogP contribution in [0.15, 0.2) is 12.2 Å². The summed E-state index contributed by atoms with van der Waals surface area (Å²) in [4.78, 5) is 10.8. The molecule has 0 fully saturated rings. The van der Waals surface area contributed by atoms with Gasteiger partial charge in [0, 0.05) is 6.42 Å². The van der Waals surface area contributed by atoms with Gasteiger partial charge in [-0.1, -0.05) is 19.1 Å². The highest BCUT2D eigenvalue weighted by Crippen LogP contribution is 1.90. The summed E-state index contributed by atoms with van der Waals surface area (Å²) in [5, 5.41) is 0. The maximum atomic E-state index is 10.8. The molecule has 0 spiro atoms. The largest absolute Gasteiger partial charge is 0.463 e. The first kappa shape index (κ1) is 12.2. The van der Waals surface area contributed by atoms with Gasteiger partial charge in [0.05, 0.1) is 13.2 Å². The summed E-state index contributed by atoms with van der Waals surface area (Å²) in [5.41, 5.74) is 0. The zero-order valence-corrected chi connectivity index (χ0v) is 8.41. The Kier molecular flexibility index (Phi) is 8.67. The maximum absolute atomic E-state index is 10.8. The molecule has 13 heavy (non-hydrogen) atoms. The summed E-state index contributed by atoms with van der Waals surface area (Å²) in [6, 6.07) is 0. The topological polar surface area (TPSA) is 35.5 Å². The predicted octanol–water partition coefficient (Wildman–Crippen LogP) is 1.92. The molecule has 3 nitrogen and oxygen atoms in total. The van der Waals surface area contributed by atoms with E-state index in [4.69, 9.17) is 9.47 Å². The van der Waals surface area contributed by atoms with Gasteiger partial charge in [-0.2, -0.15) is 0 Å². The maximum Gasteiger partial charge on any atom is 0.305 e. The second-order valence-electron chi connectivity index (χ2n) is 2.61. The van der Waals surface area contributed by atoms with Gasteiger partial charge in [-0.15, -0.1) is 0 Å². The standard InChI is InChI=1S/C10H18O3/c1-3-5-7-12-8-9-13-10(11)6-4-2/h3,5H,4,6-9H2,1-2H3. The zero-order valence-electron chi connectivity index (χ0n) is 8.41. The Bertz CT molecular complexity index is 152. The van der Waals surface area contributed by atoms with E-state index in [-0.39, 0.29) is 5.97 Å². The van der Waals surface area contributed by atoms with Crippen molar-refractivity contribution in [3.05, 3.63) is 12.2 Å². The Morgan fingerprint density at radius 3 is 2.77 bits per heavy atom. The van der Waals surface area contributed by atoms with E-state index in [0.29, 0.717) is 26.2 Å². The minimum Gasteiger partial charge on any atom is -0.463 e. The lowest BCUT2D eigenvalue weighted by Crippen LogP contribution is -2.10. The quantitative estimate of drug-likeness (QED) is 0.346. The minimum absolute atomic E-state index is 0.142. The van der Waals surface area contributed by atoms with E-state index >= 15 is 0 Å². The van der Waals surface area contributed by atoms with E-state index in [0.717, 1.165) is 6.42 Å². The van der Waals surface area contributed by atoms with Crippen LogP contribution in [-0.4, -0.2) is 25.8 Å². The van der Waals surface area contributed by atoms with E-state index in [1.807, 2.05) is 26.0 Å². The molecular weight excluding hydrogens is 168 g/mol. The Morgan fingerprint density at radius 1 is 1.38 bits per heavy atom. The smallest absolute Gasteiger partial charge is 0.305 e. The third kappa shape index (κ3) is 9.08. The van der Waals surface area contributed by atoms with Crippen LogP contribution < -0.4 is 0 Å². The van der Waals surface area contributed by atoms with Crippen LogP contribution in [0.25, 0.3) is 0 Å². The van der Waals surface area contributed by atoms with Crippen molar-refractivity contribution in [2.75, 3.05) is 19.8 Å². The van der Waals surface area contributed by atoms with Gasteiger partial charge in [0.2, 0.25) is 0 Å². The Balaban J connectivity index is 3.11. The molecule has 0 aromatic heterocycles. The fourth-order valence-corrected chi connectivity index (χ4v) is 0.738. The highest BCUT2D eigenvalue weighted by molar-refractivity contribution is 5.69. The normalized spacial score (nSPS) is 10.6. The van der Waals surface area contributed by atoms with Crippen LogP contribution in [0.4, 0.5) is 0 Å². The predicted molar refractivity (Wildman–Crippen MR) is 51.5 cm³/mol. The van der Waals surface area contributed by atoms with Crippen LogP contribution in [0.5, 0.6) is 0 Å². The van der Waals surface area contributed by atoms with Crippen LogP contribution in [0.3, 0.4) is 0 Å². The summed E-state index contributed by atoms with van der Waals surface area (Å²) >= 11 is 0. The summed E-state index contributed by atoms with van der Waals surface area (Å²) in [6.07, 6.45) is 5.16. The fraction of sp³-hybridized carbons (Fsp3) is 0.700. The molecule has 0 bridgehead atoms. The molecule has 0 rings (SSSR count). The van der Waals surface area contributed by atoms with Gasteiger partial charge in [-0.25, -0.2) is 0 Å². The van der Waals surface area contributed by atoms with Gasteiger partial charge in [-0.3, -0.25) is 4.79 Å². The molecule has 0 saturated carbocycles. The van der Waals surface area contributed by atoms with E-state index in [9.17, 15) is 4.79 Å². The van der Waals surface area contributed by atoms with E-state index in [1.165, 1.54) is 0 Å². The van der Waals surface area contributed by atoms with Gasteiger partial charge < -0.3 is 9.47 Å². The van der Waals surface area contributed by atoms with Crippen LogP contribution in [0.1, 0.15) is 26.7 Å². The lowest BCUT2D eigenvalue weighted by molar-refractivity contribution is -0.145. The van der Waals surface area contributed by atoms with Crippen molar-refractivity contribution < 1.29 is 14.3 Å². The van der Waals surface area contributed by atoms with Gasteiger partial charge in [0.15, 0.2) is 0 Å². The first-order valence-electron chi connectivity index (χ1n) is 4.65. The first-order valence-corrected chi connectivity index (χ1v) is 4.65. The van der Waals surface area contributed by atoms with Crippen molar-refractivity contribution in [3.8, 4) is 0 Å². The molecule has 0 heterocycles. The molecule has 0 aliphatic rings. The molecule has 0 N–H and O–H groups in total. The second-order valence-corrected chi connectivity index (χ2v) is 2.61. The summed E-state index contributed by atoms with van der Waals surface area (Å²) < 4.78 is 10.0. The Hall–Kier alpha value is -0.830. The van der Waals surface area contributed by atoms with Crippen molar-refractivity contribution >= 4 is 5.97 Å². The number of carbonyl (C=O) groups is 1. The van der Waals surface area contributed by atoms with Gasteiger partial charge in [0.1, 0.15) is 6.61 Å². The second kappa shape index (κ2) is 9.26. The number of esters is 1. The van der Waals surface area contributed by atoms with Crippen molar-refractivity contribution in [3.63, 3.8) is 0 Å². The molecule has 0 aliphatic heterocycles. The number of allylic oxidation sites excluding steroid dienone is 1. The third-order valence-electron chi connectivity index (χ3n) is 1.39. The van der Waals surface area contributed by atoms with Crippen LogP contribution in [0.2, 0.25) is 0 Å². The van der Waals surface area contributed by atoms with E-state index in [1.54, 1.807) is 0 Å². The summed E-state index contributed by atoms with van der Waals surface area (Å²) in [6.45, 7) is 5.30. The Labute approximate surface area is 79.7 Å². The van der Waals surface area contributed by atoms with Crippen LogP contribution >= 0.6 is 0 Å². The molecule has 0 aliphatic carbocycles. The molecule has 0 radical (unpaired) electrons. The molecule has 0 aromatic carbocycles. The van der Waals surface area contributed by atoms with Crippen LogP contribution in [-0.2, 0) is 14.3 Å². The van der Waals surface area contributed by atoms with Crippen molar-refractivity contribution in [2.24, 2.45) is 0 Å². The molecular formula is C10H18O3. The highest BCUT2D eigenvalue weighted by Gasteiger charge is 1.98. The van der Waals surface area contributed by atoms with E-state index in [2.05, 4.69) is 0 Å². The molecule has 0 saturated heterocycles. The third-order valence-corrected chi connectivity index (χ3v) is 1.39. The lowest BCUT2D eigenvalue weighted by atomic mass is 10.3. The van der Waals surface area contributed by atoms with Crippen LogP contribution in [0, 0.1) is 0 Å². The highest BCUT2D eigenvalue weighted by atomic mass is 16.6. The monoisotopic (exact) mass is 186 g/mol. The van der Waals surface area contributed by atoms with Gasteiger partial charge >= 0.3 is 5.97 Å². The number of hydrogen-bond acceptors (Lipinski definition) is 3. The molecule has 0 aromatic rings. The molecule has 0 amide bonds. The van der Waals surface area contributed by atoms with Crippen molar-refractivity contribution in [1.29, 1.82) is 0 Å². The Morgan fingerprint density at radius 2 is 2.15 bits per heavy atom. The average molecular weight is 186 g/mol. The van der Waals surface area contributed by atoms with E-state index < -0.39 is 0 Å². The van der Waals surface area contributed by atoms with Crippen molar-refractivity contribution in [1.82, 2.24) is 0 Å². The number of carbonyl (C=O) groups excluding carboxylic acids is 1. The summed E-state index contributed by atoms with van der Waals surface area (Å²) in [5.74, 6) is -0.142. The molecule has 0 atom stereocenters. The van der Waals surface area contributed by atoms with Gasteiger partial charge in [-0.05, 0) is 13.3 Å². The number of rotatable bonds is 7.